The van der Waals surface area contributed by atoms with E-state index in [0.717, 1.165) is 29.6 Å². The van der Waals surface area contributed by atoms with Crippen LogP contribution in [0, 0.1) is 0 Å². The average Bonchev–Trinajstić information content (AvgIpc) is 2.75. The van der Waals surface area contributed by atoms with E-state index < -0.39 is 11.9 Å². The first kappa shape index (κ1) is 20.1. The normalized spacial score (nSPS) is 17.9. The van der Waals surface area contributed by atoms with Crippen LogP contribution in [0.2, 0.25) is 5.02 Å². The highest BCUT2D eigenvalue weighted by Crippen LogP contribution is 2.33. The van der Waals surface area contributed by atoms with Crippen molar-refractivity contribution in [1.29, 1.82) is 0 Å². The van der Waals surface area contributed by atoms with Crippen molar-refractivity contribution in [2.24, 2.45) is 0 Å². The van der Waals surface area contributed by atoms with Gasteiger partial charge in [0.05, 0.1) is 11.1 Å². The molecule has 2 N–H and O–H groups in total. The van der Waals surface area contributed by atoms with E-state index in [1.807, 2.05) is 30.3 Å². The summed E-state index contributed by atoms with van der Waals surface area (Å²) in [7, 11) is 0. The molecule has 0 saturated carbocycles. The zero-order chi connectivity index (χ0) is 20.3. The average molecular weight is 413 g/mol. The standard InChI is InChI=1S/C23H25ClN2O3/c24-19-5-7-20(8-6-19)29-22(27)9-12-26-13-10-23(28,11-14-26)18-15-17-3-1-2-4-21(17)25-16-18/h1-8,15-16,22,27-28H,9-14H2. The van der Waals surface area contributed by atoms with E-state index in [0.29, 0.717) is 36.6 Å². The third-order valence-corrected chi connectivity index (χ3v) is 5.84. The van der Waals surface area contributed by atoms with Crippen molar-refractivity contribution in [1.82, 2.24) is 9.88 Å². The minimum Gasteiger partial charge on any atom is -0.465 e. The summed E-state index contributed by atoms with van der Waals surface area (Å²) in [5.74, 6) is 0.596. The first-order valence-corrected chi connectivity index (χ1v) is 10.3. The van der Waals surface area contributed by atoms with Gasteiger partial charge in [0.2, 0.25) is 0 Å². The van der Waals surface area contributed by atoms with E-state index in [-0.39, 0.29) is 0 Å². The Morgan fingerprint density at radius 3 is 2.59 bits per heavy atom. The van der Waals surface area contributed by atoms with Gasteiger partial charge in [0.25, 0.3) is 0 Å². The third-order valence-electron chi connectivity index (χ3n) is 5.59. The zero-order valence-electron chi connectivity index (χ0n) is 16.2. The number of rotatable bonds is 6. The summed E-state index contributed by atoms with van der Waals surface area (Å²) in [5.41, 5.74) is 0.959. The molecule has 1 atom stereocenters. The Bertz CT molecular complexity index is 956. The highest BCUT2D eigenvalue weighted by atomic mass is 35.5. The second kappa shape index (κ2) is 8.67. The molecule has 0 spiro atoms. The quantitative estimate of drug-likeness (QED) is 0.600. The number of hydrogen-bond donors (Lipinski definition) is 2. The van der Waals surface area contributed by atoms with Crippen LogP contribution in [-0.4, -0.2) is 46.0 Å². The number of hydrogen-bond acceptors (Lipinski definition) is 5. The number of nitrogens with zero attached hydrogens (tertiary/aromatic N) is 2. The number of ether oxygens (including phenoxy) is 1. The summed E-state index contributed by atoms with van der Waals surface area (Å²) in [5, 5.41) is 23.0. The van der Waals surface area contributed by atoms with Gasteiger partial charge in [0.1, 0.15) is 5.75 Å². The minimum absolute atomic E-state index is 0.499. The number of aliphatic hydroxyl groups is 2. The van der Waals surface area contributed by atoms with Gasteiger partial charge in [-0.15, -0.1) is 0 Å². The maximum atomic E-state index is 11.2. The molecule has 0 amide bonds. The van der Waals surface area contributed by atoms with Crippen LogP contribution in [0.1, 0.15) is 24.8 Å². The summed E-state index contributed by atoms with van der Waals surface area (Å²) in [6.45, 7) is 2.23. The van der Waals surface area contributed by atoms with Crippen molar-refractivity contribution < 1.29 is 14.9 Å². The molecule has 29 heavy (non-hydrogen) atoms. The van der Waals surface area contributed by atoms with Crippen molar-refractivity contribution in [2.75, 3.05) is 19.6 Å². The van der Waals surface area contributed by atoms with E-state index in [9.17, 15) is 10.2 Å². The predicted octanol–water partition coefficient (Wildman–Crippen LogP) is 3.96. The molecule has 0 aliphatic carbocycles. The van der Waals surface area contributed by atoms with Gasteiger partial charge in [-0.1, -0.05) is 29.8 Å². The molecule has 1 unspecified atom stereocenters. The number of fused-ring (bicyclic) bond motifs is 1. The van der Waals surface area contributed by atoms with Gasteiger partial charge in [-0.05, 0) is 49.2 Å². The number of para-hydroxylation sites is 1. The van der Waals surface area contributed by atoms with Crippen LogP contribution in [-0.2, 0) is 5.60 Å². The minimum atomic E-state index is -0.873. The molecule has 0 radical (unpaired) electrons. The molecular weight excluding hydrogens is 388 g/mol. The maximum absolute atomic E-state index is 11.2. The largest absolute Gasteiger partial charge is 0.465 e. The molecule has 5 nitrogen and oxygen atoms in total. The number of likely N-dealkylation sites (tertiary alicyclic amines) is 1. The number of halogens is 1. The molecule has 1 aliphatic heterocycles. The van der Waals surface area contributed by atoms with E-state index in [4.69, 9.17) is 16.3 Å². The Labute approximate surface area is 175 Å². The van der Waals surface area contributed by atoms with Gasteiger partial charge in [-0.2, -0.15) is 0 Å². The maximum Gasteiger partial charge on any atom is 0.198 e. The Kier molecular flexibility index (Phi) is 6.01. The van der Waals surface area contributed by atoms with Crippen LogP contribution in [0.25, 0.3) is 10.9 Å². The van der Waals surface area contributed by atoms with Crippen LogP contribution in [0.5, 0.6) is 5.75 Å². The Hall–Kier alpha value is -2.18. The van der Waals surface area contributed by atoms with Gasteiger partial charge in [0, 0.05) is 48.2 Å². The van der Waals surface area contributed by atoms with E-state index >= 15 is 0 Å². The number of aliphatic hydroxyl groups excluding tert-OH is 1. The van der Waals surface area contributed by atoms with Gasteiger partial charge >= 0.3 is 0 Å². The number of piperidine rings is 1. The molecule has 4 rings (SSSR count). The van der Waals surface area contributed by atoms with Gasteiger partial charge in [0.15, 0.2) is 6.29 Å². The smallest absolute Gasteiger partial charge is 0.198 e. The summed E-state index contributed by atoms with van der Waals surface area (Å²) in [6.07, 6.45) is 2.70. The first-order chi connectivity index (χ1) is 14.0. The number of benzene rings is 2. The van der Waals surface area contributed by atoms with Gasteiger partial charge in [-0.3, -0.25) is 4.98 Å². The monoisotopic (exact) mass is 412 g/mol. The topological polar surface area (TPSA) is 65.8 Å². The first-order valence-electron chi connectivity index (χ1n) is 9.92. The summed E-state index contributed by atoms with van der Waals surface area (Å²) in [6, 6.07) is 16.9. The lowest BCUT2D eigenvalue weighted by Crippen LogP contribution is -2.43. The summed E-state index contributed by atoms with van der Waals surface area (Å²) < 4.78 is 5.52. The number of aromatic nitrogens is 1. The molecule has 1 fully saturated rings. The fourth-order valence-corrected chi connectivity index (χ4v) is 3.91. The van der Waals surface area contributed by atoms with Crippen molar-refractivity contribution in [3.8, 4) is 5.75 Å². The number of pyridine rings is 1. The van der Waals surface area contributed by atoms with E-state index in [2.05, 4.69) is 9.88 Å². The highest BCUT2D eigenvalue weighted by Gasteiger charge is 2.34. The molecule has 1 aliphatic rings. The lowest BCUT2D eigenvalue weighted by atomic mass is 9.85. The van der Waals surface area contributed by atoms with Crippen LogP contribution in [0.3, 0.4) is 0 Å². The van der Waals surface area contributed by atoms with E-state index in [1.165, 1.54) is 0 Å². The third kappa shape index (κ3) is 4.87. The van der Waals surface area contributed by atoms with Crippen molar-refractivity contribution in [3.63, 3.8) is 0 Å². The summed E-state index contributed by atoms with van der Waals surface area (Å²) >= 11 is 5.86. The molecule has 2 heterocycles. The summed E-state index contributed by atoms with van der Waals surface area (Å²) in [4.78, 5) is 6.74. The fraction of sp³-hybridized carbons (Fsp3) is 0.348. The molecule has 1 aromatic heterocycles. The van der Waals surface area contributed by atoms with Crippen LogP contribution in [0.4, 0.5) is 0 Å². The highest BCUT2D eigenvalue weighted by molar-refractivity contribution is 6.30. The van der Waals surface area contributed by atoms with Crippen LogP contribution < -0.4 is 4.74 Å². The van der Waals surface area contributed by atoms with Crippen LogP contribution in [0.15, 0.2) is 60.8 Å². The fourth-order valence-electron chi connectivity index (χ4n) is 3.78. The lowest BCUT2D eigenvalue weighted by molar-refractivity contribution is -0.0476. The van der Waals surface area contributed by atoms with Gasteiger partial charge < -0.3 is 19.8 Å². The van der Waals surface area contributed by atoms with Crippen molar-refractivity contribution in [3.05, 3.63) is 71.4 Å². The molecule has 6 heteroatoms. The lowest BCUT2D eigenvalue weighted by Gasteiger charge is -2.38. The molecule has 1 saturated heterocycles. The van der Waals surface area contributed by atoms with Crippen molar-refractivity contribution >= 4 is 22.5 Å². The van der Waals surface area contributed by atoms with E-state index in [1.54, 1.807) is 30.5 Å². The molecule has 152 valence electrons. The molecular formula is C23H25ClN2O3. The molecule has 0 bridgehead atoms. The second-order valence-corrected chi connectivity index (χ2v) is 8.04. The predicted molar refractivity (Wildman–Crippen MR) is 114 cm³/mol. The molecule has 3 aromatic rings. The SMILES string of the molecule is OC(CCN1CCC(O)(c2cnc3ccccc3c2)CC1)Oc1ccc(Cl)cc1. The Morgan fingerprint density at radius 1 is 1.10 bits per heavy atom. The van der Waals surface area contributed by atoms with Gasteiger partial charge in [-0.25, -0.2) is 0 Å². The molecule has 2 aromatic carbocycles. The Balaban J connectivity index is 1.29. The Morgan fingerprint density at radius 2 is 1.83 bits per heavy atom. The second-order valence-electron chi connectivity index (χ2n) is 7.61. The van der Waals surface area contributed by atoms with Crippen LogP contribution >= 0.6 is 11.6 Å². The zero-order valence-corrected chi connectivity index (χ0v) is 16.9. The van der Waals surface area contributed by atoms with Crippen molar-refractivity contribution in [2.45, 2.75) is 31.2 Å².